The van der Waals surface area contributed by atoms with Crippen molar-refractivity contribution in [2.75, 3.05) is 0 Å². The minimum Gasteiger partial charge on any atom is -0.460 e. The fourth-order valence-corrected chi connectivity index (χ4v) is 2.86. The summed E-state index contributed by atoms with van der Waals surface area (Å²) in [5.41, 5.74) is -1.88. The summed E-state index contributed by atoms with van der Waals surface area (Å²) in [6, 6.07) is -0.584. The number of nitrogens with zero attached hydrogens (tertiary/aromatic N) is 1. The second-order valence-electron chi connectivity index (χ2n) is 5.74. The van der Waals surface area contributed by atoms with Gasteiger partial charge in [0, 0.05) is 18.0 Å². The third-order valence-electron chi connectivity index (χ3n) is 2.86. The Morgan fingerprint density at radius 3 is 2.38 bits per heavy atom. The Balaban J connectivity index is 0.00000170. The van der Waals surface area contributed by atoms with Gasteiger partial charge in [0.05, 0.1) is 0 Å². The van der Waals surface area contributed by atoms with Crippen LogP contribution >= 0.6 is 11.3 Å². The summed E-state index contributed by atoms with van der Waals surface area (Å²) in [5, 5.41) is 6.94. The smallest absolute Gasteiger partial charge is 0.322 e. The van der Waals surface area contributed by atoms with Gasteiger partial charge in [0.2, 0.25) is 0 Å². The Morgan fingerprint density at radius 2 is 1.96 bits per heavy atom. The Kier molecular flexibility index (Phi) is 8.05. The van der Waals surface area contributed by atoms with Crippen LogP contribution in [0.3, 0.4) is 0 Å². The van der Waals surface area contributed by atoms with Gasteiger partial charge in [0.25, 0.3) is 5.91 Å². The second-order valence-corrected chi connectivity index (χ2v) is 6.63. The molecule has 1 aromatic heterocycles. The minimum atomic E-state index is -1.29. The number of rotatable bonds is 4. The lowest BCUT2D eigenvalue weighted by molar-refractivity contribution is -0.155. The molecule has 0 spiro atoms. The van der Waals surface area contributed by atoms with E-state index in [2.05, 4.69) is 15.6 Å². The molecule has 136 valence electrons. The van der Waals surface area contributed by atoms with E-state index in [0.717, 1.165) is 0 Å². The number of thiazole rings is 1. The highest BCUT2D eigenvalue weighted by molar-refractivity contribution is 7.09. The lowest BCUT2D eigenvalue weighted by Gasteiger charge is -2.24. The zero-order chi connectivity index (χ0) is 17.7. The van der Waals surface area contributed by atoms with Gasteiger partial charge in [0.1, 0.15) is 10.6 Å². The molecule has 1 aliphatic rings. The normalized spacial score (nSPS) is 19.4. The molecular formula is C16H27N3O4S. The van der Waals surface area contributed by atoms with Crippen LogP contribution in [0.2, 0.25) is 0 Å². The minimum absolute atomic E-state index is 0. The molecule has 2 rings (SSSR count). The summed E-state index contributed by atoms with van der Waals surface area (Å²) >= 11 is 1.25. The molecule has 1 unspecified atom stereocenters. The van der Waals surface area contributed by atoms with E-state index in [1.54, 1.807) is 32.3 Å². The van der Waals surface area contributed by atoms with E-state index in [1.807, 2.05) is 13.8 Å². The predicted octanol–water partition coefficient (Wildman–Crippen LogP) is 2.96. The monoisotopic (exact) mass is 357 g/mol. The van der Waals surface area contributed by atoms with Crippen molar-refractivity contribution < 1.29 is 19.1 Å². The third kappa shape index (κ3) is 5.30. The topological polar surface area (TPSA) is 97.4 Å². The van der Waals surface area contributed by atoms with Gasteiger partial charge in [-0.2, -0.15) is 0 Å². The molecule has 1 fully saturated rings. The molecule has 2 N–H and O–H groups in total. The molecule has 0 aromatic carbocycles. The molecule has 24 heavy (non-hydrogen) atoms. The van der Waals surface area contributed by atoms with Crippen molar-refractivity contribution in [1.29, 1.82) is 0 Å². The average molecular weight is 357 g/mol. The molecule has 1 atom stereocenters. The van der Waals surface area contributed by atoms with Crippen LogP contribution in [0.15, 0.2) is 11.6 Å². The first-order valence-electron chi connectivity index (χ1n) is 7.48. The quantitative estimate of drug-likeness (QED) is 0.638. The Labute approximate surface area is 147 Å². The Morgan fingerprint density at radius 1 is 1.33 bits per heavy atom. The van der Waals surface area contributed by atoms with Gasteiger partial charge in [0.15, 0.2) is 5.54 Å². The lowest BCUT2D eigenvalue weighted by Crippen LogP contribution is -2.44. The van der Waals surface area contributed by atoms with Gasteiger partial charge in [-0.05, 0) is 27.2 Å². The van der Waals surface area contributed by atoms with Gasteiger partial charge in [-0.25, -0.2) is 9.78 Å². The lowest BCUT2D eigenvalue weighted by atomic mass is 9.94. The molecule has 1 saturated heterocycles. The van der Waals surface area contributed by atoms with Gasteiger partial charge in [-0.15, -0.1) is 11.3 Å². The molecule has 0 bridgehead atoms. The maximum Gasteiger partial charge on any atom is 0.322 e. The number of urea groups is 1. The molecular weight excluding hydrogens is 330 g/mol. The number of amides is 3. The van der Waals surface area contributed by atoms with Crippen LogP contribution in [0.1, 0.15) is 59.9 Å². The van der Waals surface area contributed by atoms with E-state index in [-0.39, 0.29) is 20.3 Å². The summed E-state index contributed by atoms with van der Waals surface area (Å²) in [4.78, 5) is 39.5. The number of nitrogens with one attached hydrogen (secondary N) is 2. The van der Waals surface area contributed by atoms with Crippen LogP contribution in [-0.4, -0.2) is 28.5 Å². The number of esters is 1. The van der Waals surface area contributed by atoms with Gasteiger partial charge in [-0.1, -0.05) is 21.3 Å². The number of imide groups is 1. The highest BCUT2D eigenvalue weighted by Crippen LogP contribution is 2.31. The molecule has 1 aliphatic heterocycles. The fourth-order valence-electron chi connectivity index (χ4n) is 2.04. The van der Waals surface area contributed by atoms with Crippen LogP contribution in [0.25, 0.3) is 0 Å². The maximum absolute atomic E-state index is 12.1. The molecule has 1 aromatic rings. The summed E-state index contributed by atoms with van der Waals surface area (Å²) in [5.74, 6) is -0.918. The Bertz CT molecular complexity index is 566. The van der Waals surface area contributed by atoms with Crippen LogP contribution in [0.5, 0.6) is 0 Å². The SMILES string of the molecule is C.CC.CC(C)(C)OC(=O)CCC1(c2nccs2)NC(=O)NC1=O. The van der Waals surface area contributed by atoms with E-state index in [4.69, 9.17) is 4.74 Å². The molecule has 2 heterocycles. The van der Waals surface area contributed by atoms with Crippen molar-refractivity contribution >= 4 is 29.2 Å². The van der Waals surface area contributed by atoms with E-state index in [0.29, 0.717) is 5.01 Å². The number of carbonyl (C=O) groups is 3. The van der Waals surface area contributed by atoms with E-state index in [9.17, 15) is 14.4 Å². The van der Waals surface area contributed by atoms with Gasteiger partial charge < -0.3 is 10.1 Å². The molecule has 8 heteroatoms. The molecule has 0 aliphatic carbocycles. The predicted molar refractivity (Wildman–Crippen MR) is 93.6 cm³/mol. The fraction of sp³-hybridized carbons (Fsp3) is 0.625. The van der Waals surface area contributed by atoms with Gasteiger partial charge >= 0.3 is 12.0 Å². The van der Waals surface area contributed by atoms with E-state index < -0.39 is 29.0 Å². The largest absolute Gasteiger partial charge is 0.460 e. The van der Waals surface area contributed by atoms with Crippen LogP contribution < -0.4 is 10.6 Å². The van der Waals surface area contributed by atoms with Crippen LogP contribution in [-0.2, 0) is 19.9 Å². The number of aromatic nitrogens is 1. The second kappa shape index (κ2) is 8.77. The number of carbonyl (C=O) groups excluding carboxylic acids is 3. The van der Waals surface area contributed by atoms with Crippen molar-refractivity contribution in [2.45, 2.75) is 66.0 Å². The van der Waals surface area contributed by atoms with Crippen molar-refractivity contribution in [2.24, 2.45) is 0 Å². The first kappa shape index (κ1) is 22.0. The third-order valence-corrected chi connectivity index (χ3v) is 3.80. The number of hydrogen-bond acceptors (Lipinski definition) is 6. The summed E-state index contributed by atoms with van der Waals surface area (Å²) in [6.45, 7) is 9.31. The number of ether oxygens (including phenoxy) is 1. The van der Waals surface area contributed by atoms with Crippen LogP contribution in [0, 0.1) is 0 Å². The maximum atomic E-state index is 12.1. The van der Waals surface area contributed by atoms with Crippen LogP contribution in [0.4, 0.5) is 4.79 Å². The summed E-state index contributed by atoms with van der Waals surface area (Å²) in [7, 11) is 0. The van der Waals surface area contributed by atoms with E-state index >= 15 is 0 Å². The number of hydrogen-bond donors (Lipinski definition) is 2. The molecule has 7 nitrogen and oxygen atoms in total. The van der Waals surface area contributed by atoms with Gasteiger partial charge in [-0.3, -0.25) is 14.9 Å². The van der Waals surface area contributed by atoms with Crippen molar-refractivity contribution in [1.82, 2.24) is 15.6 Å². The van der Waals surface area contributed by atoms with Crippen molar-refractivity contribution in [3.63, 3.8) is 0 Å². The summed E-state index contributed by atoms with van der Waals surface area (Å²) < 4.78 is 5.22. The van der Waals surface area contributed by atoms with Crippen molar-refractivity contribution in [3.05, 3.63) is 16.6 Å². The first-order valence-corrected chi connectivity index (χ1v) is 8.36. The highest BCUT2D eigenvalue weighted by atomic mass is 32.1. The average Bonchev–Trinajstić information content (AvgIpc) is 3.06. The summed E-state index contributed by atoms with van der Waals surface area (Å²) in [6.07, 6.45) is 1.66. The first-order chi connectivity index (χ1) is 10.7. The standard InChI is InChI=1S/C13H17N3O4S.C2H6.CH4/c1-12(2,3)20-8(17)4-5-13(10-14-6-7-21-10)9(18)15-11(19)16-13;1-2;/h6-7H,4-5H2,1-3H3,(H2,15,16,18,19);1-2H3;1H4. The Hall–Kier alpha value is -1.96. The zero-order valence-corrected chi connectivity index (χ0v) is 14.9. The van der Waals surface area contributed by atoms with E-state index in [1.165, 1.54) is 11.3 Å². The zero-order valence-electron chi connectivity index (χ0n) is 14.1. The van der Waals surface area contributed by atoms with Crippen molar-refractivity contribution in [3.8, 4) is 0 Å². The molecule has 0 saturated carbocycles. The molecule has 3 amide bonds. The highest BCUT2D eigenvalue weighted by Gasteiger charge is 2.49. The molecule has 0 radical (unpaired) electrons.